The molecule has 0 bridgehead atoms. The summed E-state index contributed by atoms with van der Waals surface area (Å²) < 4.78 is 0. The average molecular weight is 242 g/mol. The Morgan fingerprint density at radius 3 is 2.56 bits per heavy atom. The Hall–Kier alpha value is -1.41. The third-order valence-corrected chi connectivity index (χ3v) is 3.63. The van der Waals surface area contributed by atoms with Gasteiger partial charge in [-0.1, -0.05) is 26.8 Å². The van der Waals surface area contributed by atoms with Gasteiger partial charge in [0, 0.05) is 17.3 Å². The highest BCUT2D eigenvalue weighted by Crippen LogP contribution is 2.26. The lowest BCUT2D eigenvalue weighted by molar-refractivity contribution is 0.520. The van der Waals surface area contributed by atoms with Crippen LogP contribution in [0.5, 0.6) is 0 Å². The Morgan fingerprint density at radius 2 is 1.94 bits per heavy atom. The molecule has 0 aliphatic carbocycles. The van der Waals surface area contributed by atoms with Crippen LogP contribution in [0.25, 0.3) is 10.9 Å². The zero-order chi connectivity index (χ0) is 13.3. The van der Waals surface area contributed by atoms with Gasteiger partial charge in [-0.05, 0) is 42.7 Å². The molecule has 0 saturated heterocycles. The predicted octanol–water partition coefficient (Wildman–Crippen LogP) is 3.34. The van der Waals surface area contributed by atoms with Gasteiger partial charge in [-0.25, -0.2) is 0 Å². The summed E-state index contributed by atoms with van der Waals surface area (Å²) in [7, 11) is 0. The van der Waals surface area contributed by atoms with E-state index in [0.717, 1.165) is 17.6 Å². The molecule has 2 N–H and O–H groups in total. The Bertz CT molecular complexity index is 571. The lowest BCUT2D eigenvalue weighted by atomic mass is 9.86. The quantitative estimate of drug-likeness (QED) is 0.896. The minimum atomic E-state index is -0.0678. The Balaban J connectivity index is 2.63. The minimum absolute atomic E-state index is 0.0678. The number of hydrogen-bond donors (Lipinski definition) is 1. The van der Waals surface area contributed by atoms with Crippen molar-refractivity contribution in [2.24, 2.45) is 5.73 Å². The van der Waals surface area contributed by atoms with Crippen LogP contribution in [0.3, 0.4) is 0 Å². The summed E-state index contributed by atoms with van der Waals surface area (Å²) in [6.45, 7) is 9.20. The summed E-state index contributed by atoms with van der Waals surface area (Å²) in [6, 6.07) is 8.73. The number of aromatic nitrogens is 1. The van der Waals surface area contributed by atoms with Crippen molar-refractivity contribution in [3.63, 3.8) is 0 Å². The third kappa shape index (κ3) is 2.25. The number of pyridine rings is 1. The zero-order valence-electron chi connectivity index (χ0n) is 11.7. The van der Waals surface area contributed by atoms with Crippen LogP contribution >= 0.6 is 0 Å². The SMILES string of the molecule is CCc1ccc2nc(C(C)(C)CN)c(C)cc2c1. The summed E-state index contributed by atoms with van der Waals surface area (Å²) in [6.07, 6.45) is 1.06. The van der Waals surface area contributed by atoms with Crippen LogP contribution in [0, 0.1) is 6.92 Å². The maximum Gasteiger partial charge on any atom is 0.0705 e. The highest BCUT2D eigenvalue weighted by molar-refractivity contribution is 5.80. The summed E-state index contributed by atoms with van der Waals surface area (Å²) in [5.41, 5.74) is 10.6. The molecule has 0 fully saturated rings. The van der Waals surface area contributed by atoms with Crippen molar-refractivity contribution in [1.29, 1.82) is 0 Å². The summed E-state index contributed by atoms with van der Waals surface area (Å²) >= 11 is 0. The first-order chi connectivity index (χ1) is 8.47. The first kappa shape index (κ1) is 13.0. The molecule has 1 aromatic heterocycles. The Labute approximate surface area is 109 Å². The van der Waals surface area contributed by atoms with Gasteiger partial charge in [-0.2, -0.15) is 0 Å². The average Bonchev–Trinajstić information content (AvgIpc) is 2.37. The van der Waals surface area contributed by atoms with Crippen LogP contribution in [-0.4, -0.2) is 11.5 Å². The van der Waals surface area contributed by atoms with Gasteiger partial charge in [0.2, 0.25) is 0 Å². The molecule has 2 rings (SSSR count). The van der Waals surface area contributed by atoms with E-state index < -0.39 is 0 Å². The van der Waals surface area contributed by atoms with Gasteiger partial charge >= 0.3 is 0 Å². The summed E-state index contributed by atoms with van der Waals surface area (Å²) in [5.74, 6) is 0. The molecule has 2 heteroatoms. The molecule has 0 amide bonds. The number of benzene rings is 1. The molecule has 0 saturated carbocycles. The number of nitrogens with two attached hydrogens (primary N) is 1. The molecule has 1 aromatic carbocycles. The van der Waals surface area contributed by atoms with Gasteiger partial charge in [0.25, 0.3) is 0 Å². The molecule has 96 valence electrons. The summed E-state index contributed by atoms with van der Waals surface area (Å²) in [4.78, 5) is 4.81. The van der Waals surface area contributed by atoms with Crippen molar-refractivity contribution in [2.75, 3.05) is 6.54 Å². The maximum absolute atomic E-state index is 5.86. The molecule has 2 aromatic rings. The number of rotatable bonds is 3. The van der Waals surface area contributed by atoms with Gasteiger partial charge < -0.3 is 5.73 Å². The number of hydrogen-bond acceptors (Lipinski definition) is 2. The van der Waals surface area contributed by atoms with Gasteiger partial charge in [0.1, 0.15) is 0 Å². The first-order valence-electron chi connectivity index (χ1n) is 6.59. The predicted molar refractivity (Wildman–Crippen MR) is 77.9 cm³/mol. The van der Waals surface area contributed by atoms with Crippen molar-refractivity contribution in [3.8, 4) is 0 Å². The lowest BCUT2D eigenvalue weighted by Crippen LogP contribution is -2.30. The lowest BCUT2D eigenvalue weighted by Gasteiger charge is -2.24. The maximum atomic E-state index is 5.86. The fraction of sp³-hybridized carbons (Fsp3) is 0.438. The fourth-order valence-corrected chi connectivity index (χ4v) is 2.33. The van der Waals surface area contributed by atoms with Crippen molar-refractivity contribution in [3.05, 3.63) is 41.1 Å². The van der Waals surface area contributed by atoms with E-state index in [9.17, 15) is 0 Å². The van der Waals surface area contributed by atoms with E-state index in [2.05, 4.69) is 52.0 Å². The topological polar surface area (TPSA) is 38.9 Å². The third-order valence-electron chi connectivity index (χ3n) is 3.63. The molecule has 1 heterocycles. The number of aryl methyl sites for hydroxylation is 2. The van der Waals surface area contributed by atoms with Crippen LogP contribution in [0.4, 0.5) is 0 Å². The molecular formula is C16H22N2. The molecule has 0 aliphatic rings. The second-order valence-electron chi connectivity index (χ2n) is 5.62. The first-order valence-corrected chi connectivity index (χ1v) is 6.59. The molecule has 2 nitrogen and oxygen atoms in total. The van der Waals surface area contributed by atoms with E-state index in [-0.39, 0.29) is 5.41 Å². The van der Waals surface area contributed by atoms with Crippen molar-refractivity contribution >= 4 is 10.9 Å². The molecule has 18 heavy (non-hydrogen) atoms. The summed E-state index contributed by atoms with van der Waals surface area (Å²) in [5, 5.41) is 1.23. The van der Waals surface area contributed by atoms with Gasteiger partial charge in [-0.15, -0.1) is 0 Å². The van der Waals surface area contributed by atoms with Gasteiger partial charge in [-0.3, -0.25) is 4.98 Å². The molecule has 0 radical (unpaired) electrons. The number of nitrogens with zero attached hydrogens (tertiary/aromatic N) is 1. The largest absolute Gasteiger partial charge is 0.330 e. The van der Waals surface area contributed by atoms with Crippen LogP contribution in [0.15, 0.2) is 24.3 Å². The van der Waals surface area contributed by atoms with Crippen molar-refractivity contribution in [1.82, 2.24) is 4.98 Å². The van der Waals surface area contributed by atoms with Gasteiger partial charge in [0.05, 0.1) is 11.2 Å². The smallest absolute Gasteiger partial charge is 0.0705 e. The second-order valence-corrected chi connectivity index (χ2v) is 5.62. The normalized spacial score (nSPS) is 12.1. The van der Waals surface area contributed by atoms with Crippen LogP contribution in [0.1, 0.15) is 37.6 Å². The Kier molecular flexibility index (Phi) is 3.40. The van der Waals surface area contributed by atoms with Crippen LogP contribution < -0.4 is 5.73 Å². The standard InChI is InChI=1S/C16H22N2/c1-5-12-6-7-14-13(9-12)8-11(2)15(18-14)16(3,4)10-17/h6-9H,5,10,17H2,1-4H3. The van der Waals surface area contributed by atoms with Crippen LogP contribution in [-0.2, 0) is 11.8 Å². The van der Waals surface area contributed by atoms with E-state index in [1.165, 1.54) is 16.5 Å². The van der Waals surface area contributed by atoms with Crippen molar-refractivity contribution in [2.45, 2.75) is 39.5 Å². The minimum Gasteiger partial charge on any atom is -0.330 e. The van der Waals surface area contributed by atoms with Gasteiger partial charge in [0.15, 0.2) is 0 Å². The molecule has 0 aliphatic heterocycles. The Morgan fingerprint density at radius 1 is 1.22 bits per heavy atom. The fourth-order valence-electron chi connectivity index (χ4n) is 2.33. The second kappa shape index (κ2) is 4.69. The molecule has 0 spiro atoms. The molecule has 0 atom stereocenters. The van der Waals surface area contributed by atoms with E-state index in [1.807, 2.05) is 0 Å². The van der Waals surface area contributed by atoms with Crippen LogP contribution in [0.2, 0.25) is 0 Å². The number of fused-ring (bicyclic) bond motifs is 1. The zero-order valence-corrected chi connectivity index (χ0v) is 11.7. The highest BCUT2D eigenvalue weighted by Gasteiger charge is 2.22. The highest BCUT2D eigenvalue weighted by atomic mass is 14.7. The van der Waals surface area contributed by atoms with Crippen molar-refractivity contribution < 1.29 is 0 Å². The van der Waals surface area contributed by atoms with E-state index in [0.29, 0.717) is 6.54 Å². The monoisotopic (exact) mass is 242 g/mol. The van der Waals surface area contributed by atoms with E-state index in [1.54, 1.807) is 0 Å². The molecular weight excluding hydrogens is 220 g/mol. The van der Waals surface area contributed by atoms with E-state index in [4.69, 9.17) is 10.7 Å². The molecule has 0 unspecified atom stereocenters. The van der Waals surface area contributed by atoms with E-state index >= 15 is 0 Å².